The van der Waals surface area contributed by atoms with Crippen molar-refractivity contribution >= 4 is 11.9 Å². The Balaban J connectivity index is 1.72. The lowest BCUT2D eigenvalue weighted by Gasteiger charge is -2.32. The van der Waals surface area contributed by atoms with Crippen LogP contribution in [0.15, 0.2) is 30.3 Å². The molecule has 1 aromatic carbocycles. The number of carbonyl (C=O) groups excluding carboxylic acids is 1. The molecule has 0 radical (unpaired) electrons. The fourth-order valence-electron chi connectivity index (χ4n) is 2.91. The zero-order chi connectivity index (χ0) is 17.8. The quantitative estimate of drug-likeness (QED) is 0.924. The first-order valence-corrected chi connectivity index (χ1v) is 8.65. The van der Waals surface area contributed by atoms with Crippen LogP contribution in [0.25, 0.3) is 0 Å². The highest BCUT2D eigenvalue weighted by atomic mass is 16.2. The third-order valence-electron chi connectivity index (χ3n) is 4.56. The lowest BCUT2D eigenvalue weighted by atomic mass is 10.1. The van der Waals surface area contributed by atoms with Crippen LogP contribution in [-0.2, 0) is 6.54 Å². The van der Waals surface area contributed by atoms with Gasteiger partial charge in [0.15, 0.2) is 0 Å². The number of benzene rings is 1. The molecule has 1 N–H and O–H groups in total. The van der Waals surface area contributed by atoms with Gasteiger partial charge in [-0.2, -0.15) is 0 Å². The molecule has 2 heterocycles. The van der Waals surface area contributed by atoms with Crippen molar-refractivity contribution < 1.29 is 4.79 Å². The highest BCUT2D eigenvalue weighted by Crippen LogP contribution is 2.12. The smallest absolute Gasteiger partial charge is 0.272 e. The van der Waals surface area contributed by atoms with E-state index >= 15 is 0 Å². The van der Waals surface area contributed by atoms with Crippen molar-refractivity contribution in [3.05, 3.63) is 52.8 Å². The molecule has 0 spiro atoms. The van der Waals surface area contributed by atoms with Crippen LogP contribution in [-0.4, -0.2) is 58.9 Å². The molecule has 25 heavy (non-hydrogen) atoms. The second-order valence-corrected chi connectivity index (χ2v) is 6.59. The fourth-order valence-corrected chi connectivity index (χ4v) is 2.91. The second kappa shape index (κ2) is 7.61. The van der Waals surface area contributed by atoms with Gasteiger partial charge in [-0.15, -0.1) is 0 Å². The SMILES string of the molecule is Cc1cc(C(=O)N2CCN(C)CC2)nc(NCc2ccccc2C)n1. The standard InChI is InChI=1S/C19H25N5O/c1-14-6-4-5-7-16(14)13-20-19-21-15(2)12-17(22-19)18(25)24-10-8-23(3)9-11-24/h4-7,12H,8-11,13H2,1-3H3,(H,20,21,22). The molecule has 1 amide bonds. The number of anilines is 1. The van der Waals surface area contributed by atoms with E-state index in [1.807, 2.05) is 24.0 Å². The number of nitrogens with one attached hydrogen (secondary N) is 1. The average Bonchev–Trinajstić information content (AvgIpc) is 2.60. The lowest BCUT2D eigenvalue weighted by molar-refractivity contribution is 0.0658. The van der Waals surface area contributed by atoms with Crippen molar-refractivity contribution in [1.29, 1.82) is 0 Å². The Morgan fingerprint density at radius 2 is 1.84 bits per heavy atom. The molecule has 0 bridgehead atoms. The van der Waals surface area contributed by atoms with Crippen molar-refractivity contribution in [3.8, 4) is 0 Å². The molecule has 1 fully saturated rings. The van der Waals surface area contributed by atoms with Gasteiger partial charge in [0.05, 0.1) is 0 Å². The Morgan fingerprint density at radius 1 is 1.12 bits per heavy atom. The first-order chi connectivity index (χ1) is 12.0. The van der Waals surface area contributed by atoms with Crippen LogP contribution >= 0.6 is 0 Å². The first kappa shape index (κ1) is 17.4. The normalized spacial score (nSPS) is 15.2. The number of aryl methyl sites for hydroxylation is 2. The van der Waals surface area contributed by atoms with Crippen LogP contribution in [0.2, 0.25) is 0 Å². The van der Waals surface area contributed by atoms with E-state index in [9.17, 15) is 4.79 Å². The summed E-state index contributed by atoms with van der Waals surface area (Å²) >= 11 is 0. The van der Waals surface area contributed by atoms with E-state index in [2.05, 4.69) is 46.3 Å². The number of amides is 1. The molecule has 2 aromatic rings. The molecule has 132 valence electrons. The number of aromatic nitrogens is 2. The summed E-state index contributed by atoms with van der Waals surface area (Å²) in [5.41, 5.74) is 3.67. The van der Waals surface area contributed by atoms with Crippen molar-refractivity contribution in [2.45, 2.75) is 20.4 Å². The molecule has 0 unspecified atom stereocenters. The van der Waals surface area contributed by atoms with Crippen molar-refractivity contribution in [1.82, 2.24) is 19.8 Å². The van der Waals surface area contributed by atoms with Gasteiger partial charge < -0.3 is 15.1 Å². The summed E-state index contributed by atoms with van der Waals surface area (Å²) in [6.07, 6.45) is 0. The van der Waals surface area contributed by atoms with Gasteiger partial charge in [0, 0.05) is 38.4 Å². The van der Waals surface area contributed by atoms with Gasteiger partial charge in [-0.3, -0.25) is 4.79 Å². The van der Waals surface area contributed by atoms with Crippen LogP contribution in [0.4, 0.5) is 5.95 Å². The van der Waals surface area contributed by atoms with Crippen LogP contribution in [0.3, 0.4) is 0 Å². The summed E-state index contributed by atoms with van der Waals surface area (Å²) in [5, 5.41) is 3.25. The number of likely N-dealkylation sites (N-methyl/N-ethyl adjacent to an activating group) is 1. The summed E-state index contributed by atoms with van der Waals surface area (Å²) in [4.78, 5) is 25.7. The summed E-state index contributed by atoms with van der Waals surface area (Å²) in [6.45, 7) is 7.88. The molecular weight excluding hydrogens is 314 g/mol. The fraction of sp³-hybridized carbons (Fsp3) is 0.421. The molecule has 3 rings (SSSR count). The van der Waals surface area contributed by atoms with E-state index in [1.165, 1.54) is 11.1 Å². The Morgan fingerprint density at radius 3 is 2.56 bits per heavy atom. The molecule has 0 saturated carbocycles. The van der Waals surface area contributed by atoms with Gasteiger partial charge in [0.25, 0.3) is 5.91 Å². The predicted molar refractivity (Wildman–Crippen MR) is 98.7 cm³/mol. The van der Waals surface area contributed by atoms with E-state index in [4.69, 9.17) is 0 Å². The average molecular weight is 339 g/mol. The van der Waals surface area contributed by atoms with Crippen molar-refractivity contribution in [2.75, 3.05) is 38.5 Å². The molecule has 6 heteroatoms. The Labute approximate surface area is 148 Å². The van der Waals surface area contributed by atoms with Gasteiger partial charge in [-0.25, -0.2) is 9.97 Å². The molecule has 0 aliphatic carbocycles. The number of hydrogen-bond donors (Lipinski definition) is 1. The van der Waals surface area contributed by atoms with E-state index in [0.717, 1.165) is 31.9 Å². The maximum Gasteiger partial charge on any atom is 0.272 e. The van der Waals surface area contributed by atoms with Gasteiger partial charge >= 0.3 is 0 Å². The monoisotopic (exact) mass is 339 g/mol. The molecule has 1 aliphatic heterocycles. The molecular formula is C19H25N5O. The van der Waals surface area contributed by atoms with Crippen LogP contribution in [0, 0.1) is 13.8 Å². The largest absolute Gasteiger partial charge is 0.350 e. The second-order valence-electron chi connectivity index (χ2n) is 6.59. The Kier molecular flexibility index (Phi) is 5.28. The molecule has 6 nitrogen and oxygen atoms in total. The van der Waals surface area contributed by atoms with Gasteiger partial charge in [-0.1, -0.05) is 24.3 Å². The van der Waals surface area contributed by atoms with E-state index in [-0.39, 0.29) is 5.91 Å². The van der Waals surface area contributed by atoms with Crippen LogP contribution < -0.4 is 5.32 Å². The maximum absolute atomic E-state index is 12.7. The number of carbonyl (C=O) groups is 1. The first-order valence-electron chi connectivity index (χ1n) is 8.65. The van der Waals surface area contributed by atoms with Gasteiger partial charge in [-0.05, 0) is 38.1 Å². The van der Waals surface area contributed by atoms with Crippen molar-refractivity contribution in [3.63, 3.8) is 0 Å². The third kappa shape index (κ3) is 4.33. The summed E-state index contributed by atoms with van der Waals surface area (Å²) < 4.78 is 0. The van der Waals surface area contributed by atoms with Crippen LogP contribution in [0.1, 0.15) is 27.3 Å². The minimum absolute atomic E-state index is 0.0162. The van der Waals surface area contributed by atoms with E-state index in [0.29, 0.717) is 18.2 Å². The number of nitrogens with zero attached hydrogens (tertiary/aromatic N) is 4. The summed E-state index contributed by atoms with van der Waals surface area (Å²) in [6, 6.07) is 9.96. The number of rotatable bonds is 4. The minimum atomic E-state index is -0.0162. The predicted octanol–water partition coefficient (Wildman–Crippen LogP) is 2.09. The van der Waals surface area contributed by atoms with Gasteiger partial charge in [0.2, 0.25) is 5.95 Å². The molecule has 1 saturated heterocycles. The van der Waals surface area contributed by atoms with Crippen molar-refractivity contribution in [2.24, 2.45) is 0 Å². The summed E-state index contributed by atoms with van der Waals surface area (Å²) in [5.74, 6) is 0.485. The number of hydrogen-bond acceptors (Lipinski definition) is 5. The Bertz CT molecular complexity index is 753. The third-order valence-corrected chi connectivity index (χ3v) is 4.56. The molecule has 0 atom stereocenters. The van der Waals surface area contributed by atoms with Crippen LogP contribution in [0.5, 0.6) is 0 Å². The number of piperazine rings is 1. The highest BCUT2D eigenvalue weighted by Gasteiger charge is 2.22. The zero-order valence-electron chi connectivity index (χ0n) is 15.1. The molecule has 1 aromatic heterocycles. The minimum Gasteiger partial charge on any atom is -0.350 e. The zero-order valence-corrected chi connectivity index (χ0v) is 15.1. The lowest BCUT2D eigenvalue weighted by Crippen LogP contribution is -2.47. The van der Waals surface area contributed by atoms with E-state index in [1.54, 1.807) is 6.07 Å². The maximum atomic E-state index is 12.7. The van der Waals surface area contributed by atoms with Gasteiger partial charge in [0.1, 0.15) is 5.69 Å². The summed E-state index contributed by atoms with van der Waals surface area (Å²) in [7, 11) is 2.07. The topological polar surface area (TPSA) is 61.4 Å². The Hall–Kier alpha value is -2.47. The highest BCUT2D eigenvalue weighted by molar-refractivity contribution is 5.92. The molecule has 1 aliphatic rings. The van der Waals surface area contributed by atoms with E-state index < -0.39 is 0 Å².